The molecule has 3 rings (SSSR count). The molecule has 6 nitrogen and oxygen atoms in total. The maximum Gasteiger partial charge on any atom is 0.286 e. The van der Waals surface area contributed by atoms with Crippen LogP contribution in [0.2, 0.25) is 0 Å². The fourth-order valence-electron chi connectivity index (χ4n) is 2.67. The third kappa shape index (κ3) is 2.85. The summed E-state index contributed by atoms with van der Waals surface area (Å²) in [6, 6.07) is 9.06. The van der Waals surface area contributed by atoms with Gasteiger partial charge in [-0.1, -0.05) is 0 Å². The van der Waals surface area contributed by atoms with Crippen LogP contribution in [-0.4, -0.2) is 21.5 Å². The normalized spacial score (nSPS) is 15.8. The molecule has 0 radical (unpaired) electrons. The molecule has 0 aliphatic carbocycles. The van der Waals surface area contributed by atoms with E-state index in [4.69, 9.17) is 11.5 Å². The number of hydrogen-bond acceptors (Lipinski definition) is 4. The molecule has 0 unspecified atom stereocenters. The Kier molecular flexibility index (Phi) is 4.02. The van der Waals surface area contributed by atoms with Crippen LogP contribution in [0.5, 0.6) is 0 Å². The topological polar surface area (TPSA) is 103 Å². The van der Waals surface area contributed by atoms with Crippen molar-refractivity contribution in [3.8, 4) is 5.69 Å². The van der Waals surface area contributed by atoms with Crippen LogP contribution in [0.25, 0.3) is 11.8 Å². The van der Waals surface area contributed by atoms with E-state index < -0.39 is 5.91 Å². The van der Waals surface area contributed by atoms with Crippen molar-refractivity contribution < 1.29 is 9.59 Å². The highest BCUT2D eigenvalue weighted by atomic mass is 32.2. The van der Waals surface area contributed by atoms with Gasteiger partial charge in [0.15, 0.2) is 5.17 Å². The lowest BCUT2D eigenvalue weighted by molar-refractivity contribution is -0.113. The molecule has 0 fully saturated rings. The van der Waals surface area contributed by atoms with Crippen LogP contribution in [-0.2, 0) is 4.79 Å². The Balaban J connectivity index is 2.00. The lowest BCUT2D eigenvalue weighted by atomic mass is 10.2. The molecular weight excluding hydrogens is 324 g/mol. The quantitative estimate of drug-likeness (QED) is 0.835. The summed E-state index contributed by atoms with van der Waals surface area (Å²) < 4.78 is 2.05. The van der Waals surface area contributed by atoms with Crippen LogP contribution < -0.4 is 11.5 Å². The molecule has 2 heterocycles. The van der Waals surface area contributed by atoms with Crippen molar-refractivity contribution >= 4 is 34.8 Å². The van der Waals surface area contributed by atoms with Crippen LogP contribution in [0.4, 0.5) is 0 Å². The zero-order valence-corrected chi connectivity index (χ0v) is 14.1. The first kappa shape index (κ1) is 16.1. The summed E-state index contributed by atoms with van der Waals surface area (Å²) in [5, 5.41) is 0.266. The van der Waals surface area contributed by atoms with Gasteiger partial charge in [0.2, 0.25) is 5.91 Å². The van der Waals surface area contributed by atoms with Crippen molar-refractivity contribution in [1.29, 1.82) is 0 Å². The van der Waals surface area contributed by atoms with Gasteiger partial charge in [0.25, 0.3) is 5.91 Å². The van der Waals surface area contributed by atoms with Gasteiger partial charge in [0.1, 0.15) is 0 Å². The Morgan fingerprint density at radius 2 is 1.92 bits per heavy atom. The van der Waals surface area contributed by atoms with Crippen molar-refractivity contribution in [2.75, 3.05) is 0 Å². The first-order valence-corrected chi connectivity index (χ1v) is 8.05. The molecule has 1 aromatic heterocycles. The summed E-state index contributed by atoms with van der Waals surface area (Å²) in [6.45, 7) is 3.95. The number of nitrogens with zero attached hydrogens (tertiary/aromatic N) is 2. The number of aryl methyl sites for hydroxylation is 1. The van der Waals surface area contributed by atoms with E-state index in [2.05, 4.69) is 4.99 Å². The Morgan fingerprint density at radius 3 is 2.46 bits per heavy atom. The average molecular weight is 340 g/mol. The van der Waals surface area contributed by atoms with E-state index in [1.54, 1.807) is 18.2 Å². The number of primary amides is 1. The monoisotopic (exact) mass is 340 g/mol. The van der Waals surface area contributed by atoms with Crippen LogP contribution in [0.15, 0.2) is 40.2 Å². The zero-order chi connectivity index (χ0) is 17.4. The van der Waals surface area contributed by atoms with Gasteiger partial charge in [-0.3, -0.25) is 9.59 Å². The first-order valence-electron chi connectivity index (χ1n) is 7.24. The van der Waals surface area contributed by atoms with Crippen molar-refractivity contribution in [2.45, 2.75) is 13.8 Å². The number of amidine groups is 1. The fraction of sp³-hybridized carbons (Fsp3) is 0.118. The number of amides is 2. The molecule has 4 N–H and O–H groups in total. The summed E-state index contributed by atoms with van der Waals surface area (Å²) in [4.78, 5) is 27.2. The molecule has 1 aromatic carbocycles. The van der Waals surface area contributed by atoms with Crippen LogP contribution in [0.3, 0.4) is 0 Å². The lowest BCUT2D eigenvalue weighted by Crippen LogP contribution is -2.10. The second-order valence-electron chi connectivity index (χ2n) is 5.44. The maximum atomic E-state index is 11.8. The van der Waals surface area contributed by atoms with Gasteiger partial charge in [-0.25, -0.2) is 0 Å². The standard InChI is InChI=1S/C17H16N4O2S/c1-9-7-12(8-14-16(23)20-17(19)24-14)10(2)21(9)13-5-3-11(4-6-13)15(18)22/h3-8H,1-2H3,(H2,18,22)(H2,19,20,23). The van der Waals surface area contributed by atoms with Gasteiger partial charge in [-0.2, -0.15) is 4.99 Å². The number of aliphatic imine (C=N–C) groups is 1. The van der Waals surface area contributed by atoms with Crippen molar-refractivity contribution in [3.05, 3.63) is 57.8 Å². The van der Waals surface area contributed by atoms with Gasteiger partial charge < -0.3 is 16.0 Å². The Hall–Kier alpha value is -2.80. The summed E-state index contributed by atoms with van der Waals surface area (Å²) in [5.74, 6) is -0.768. The summed E-state index contributed by atoms with van der Waals surface area (Å²) >= 11 is 1.17. The van der Waals surface area contributed by atoms with E-state index >= 15 is 0 Å². The molecular formula is C17H16N4O2S. The molecule has 0 saturated heterocycles. The predicted molar refractivity (Wildman–Crippen MR) is 96.0 cm³/mol. The number of rotatable bonds is 3. The number of carbonyl (C=O) groups excluding carboxylic acids is 2. The molecule has 24 heavy (non-hydrogen) atoms. The third-order valence-electron chi connectivity index (χ3n) is 3.80. The lowest BCUT2D eigenvalue weighted by Gasteiger charge is -2.10. The molecule has 1 aliphatic heterocycles. The molecule has 1 aliphatic rings. The van der Waals surface area contributed by atoms with Crippen molar-refractivity contribution in [3.63, 3.8) is 0 Å². The minimum atomic E-state index is -0.456. The van der Waals surface area contributed by atoms with Crippen molar-refractivity contribution in [1.82, 2.24) is 4.57 Å². The minimum Gasteiger partial charge on any atom is -0.378 e. The molecule has 2 aromatic rings. The van der Waals surface area contributed by atoms with E-state index in [0.29, 0.717) is 10.5 Å². The van der Waals surface area contributed by atoms with E-state index in [1.807, 2.05) is 36.6 Å². The molecule has 0 bridgehead atoms. The number of aromatic nitrogens is 1. The third-order valence-corrected chi connectivity index (χ3v) is 4.62. The highest BCUT2D eigenvalue weighted by Crippen LogP contribution is 2.29. The van der Waals surface area contributed by atoms with E-state index in [-0.39, 0.29) is 11.1 Å². The van der Waals surface area contributed by atoms with Gasteiger partial charge in [0.05, 0.1) is 4.91 Å². The number of hydrogen-bond donors (Lipinski definition) is 2. The average Bonchev–Trinajstić information content (AvgIpc) is 2.98. The van der Waals surface area contributed by atoms with Crippen LogP contribution in [0, 0.1) is 13.8 Å². The highest BCUT2D eigenvalue weighted by molar-refractivity contribution is 8.18. The Bertz CT molecular complexity index is 907. The first-order chi connectivity index (χ1) is 11.4. The zero-order valence-electron chi connectivity index (χ0n) is 13.2. The SMILES string of the molecule is Cc1cc(C=C2SC(N)=NC2=O)c(C)n1-c1ccc(C(N)=O)cc1. The van der Waals surface area contributed by atoms with E-state index in [0.717, 1.165) is 22.6 Å². The molecule has 0 atom stereocenters. The largest absolute Gasteiger partial charge is 0.378 e. The van der Waals surface area contributed by atoms with E-state index in [9.17, 15) is 9.59 Å². The summed E-state index contributed by atoms with van der Waals surface area (Å²) in [5.41, 5.74) is 15.1. The predicted octanol–water partition coefficient (Wildman–Crippen LogP) is 2.12. The maximum absolute atomic E-state index is 11.8. The molecule has 2 amide bonds. The second kappa shape index (κ2) is 6.01. The molecule has 0 saturated carbocycles. The fourth-order valence-corrected chi connectivity index (χ4v) is 3.35. The number of nitrogens with two attached hydrogens (primary N) is 2. The summed E-state index contributed by atoms with van der Waals surface area (Å²) in [7, 11) is 0. The van der Waals surface area contributed by atoms with Crippen LogP contribution in [0.1, 0.15) is 27.3 Å². The number of benzene rings is 1. The number of thioether (sulfide) groups is 1. The second-order valence-corrected chi connectivity index (χ2v) is 6.50. The molecule has 122 valence electrons. The summed E-state index contributed by atoms with van der Waals surface area (Å²) in [6.07, 6.45) is 1.80. The van der Waals surface area contributed by atoms with Crippen LogP contribution >= 0.6 is 11.8 Å². The van der Waals surface area contributed by atoms with Gasteiger partial charge in [0, 0.05) is 22.6 Å². The van der Waals surface area contributed by atoms with Gasteiger partial charge in [-0.05, 0) is 67.6 Å². The Labute approximate surface area is 143 Å². The molecule has 7 heteroatoms. The highest BCUT2D eigenvalue weighted by Gasteiger charge is 2.20. The van der Waals surface area contributed by atoms with E-state index in [1.165, 1.54) is 11.8 Å². The Morgan fingerprint density at radius 1 is 1.25 bits per heavy atom. The smallest absolute Gasteiger partial charge is 0.286 e. The van der Waals surface area contributed by atoms with Gasteiger partial charge >= 0.3 is 0 Å². The molecule has 0 spiro atoms. The van der Waals surface area contributed by atoms with Gasteiger partial charge in [-0.15, -0.1) is 0 Å². The van der Waals surface area contributed by atoms with Crippen molar-refractivity contribution in [2.24, 2.45) is 16.5 Å². The minimum absolute atomic E-state index is 0.266. The number of carbonyl (C=O) groups is 2.